The van der Waals surface area contributed by atoms with Gasteiger partial charge < -0.3 is 10.1 Å². The lowest BCUT2D eigenvalue weighted by molar-refractivity contribution is -0.145. The molecule has 1 aromatic rings. The van der Waals surface area contributed by atoms with Crippen LogP contribution in [-0.2, 0) is 9.53 Å². The van der Waals surface area contributed by atoms with Gasteiger partial charge in [-0.25, -0.2) is 0 Å². The number of esters is 1. The minimum absolute atomic E-state index is 0.0934. The van der Waals surface area contributed by atoms with Gasteiger partial charge in [-0.2, -0.15) is 0 Å². The highest BCUT2D eigenvalue weighted by Crippen LogP contribution is 2.12. The maximum Gasteiger partial charge on any atom is 0.308 e. The van der Waals surface area contributed by atoms with Crippen molar-refractivity contribution in [2.24, 2.45) is 5.92 Å². The molecule has 2 atom stereocenters. The zero-order valence-electron chi connectivity index (χ0n) is 9.93. The fourth-order valence-electron chi connectivity index (χ4n) is 1.62. The lowest BCUT2D eigenvalue weighted by Gasteiger charge is -2.17. The topological polar surface area (TPSA) is 51.2 Å². The molecule has 4 nitrogen and oxygen atoms in total. The van der Waals surface area contributed by atoms with Crippen LogP contribution in [0, 0.1) is 5.92 Å². The number of nitrogens with one attached hydrogen (secondary N) is 1. The summed E-state index contributed by atoms with van der Waals surface area (Å²) in [4.78, 5) is 15.3. The maximum atomic E-state index is 11.2. The lowest BCUT2D eigenvalue weighted by Crippen LogP contribution is -2.23. The first-order valence-electron chi connectivity index (χ1n) is 5.38. The fraction of sp³-hybridized carbons (Fsp3) is 0.500. The van der Waals surface area contributed by atoms with Gasteiger partial charge in [-0.3, -0.25) is 9.78 Å². The predicted octanol–water partition coefficient (Wildman–Crippen LogP) is 2.08. The van der Waals surface area contributed by atoms with E-state index >= 15 is 0 Å². The molecule has 1 heterocycles. The summed E-state index contributed by atoms with van der Waals surface area (Å²) in [6.07, 6.45) is 4.23. The molecule has 0 bridgehead atoms. The number of ether oxygens (including phenoxy) is 1. The Morgan fingerprint density at radius 3 is 2.88 bits per heavy atom. The molecule has 1 rings (SSSR count). The van der Waals surface area contributed by atoms with E-state index in [9.17, 15) is 4.79 Å². The number of anilines is 1. The van der Waals surface area contributed by atoms with Crippen LogP contribution in [0.15, 0.2) is 24.5 Å². The quantitative estimate of drug-likeness (QED) is 0.775. The van der Waals surface area contributed by atoms with Crippen molar-refractivity contribution >= 4 is 11.7 Å². The Bertz CT molecular complexity index is 327. The second kappa shape index (κ2) is 6.10. The van der Waals surface area contributed by atoms with Gasteiger partial charge >= 0.3 is 5.97 Å². The van der Waals surface area contributed by atoms with E-state index in [-0.39, 0.29) is 17.9 Å². The molecule has 0 amide bonds. The van der Waals surface area contributed by atoms with Crippen molar-refractivity contribution in [1.29, 1.82) is 0 Å². The van der Waals surface area contributed by atoms with Gasteiger partial charge in [0.15, 0.2) is 0 Å². The lowest BCUT2D eigenvalue weighted by atomic mass is 10.0. The van der Waals surface area contributed by atoms with Gasteiger partial charge in [-0.1, -0.05) is 6.92 Å². The van der Waals surface area contributed by atoms with Gasteiger partial charge in [0.2, 0.25) is 0 Å². The first kappa shape index (κ1) is 12.5. The Balaban J connectivity index is 2.42. The van der Waals surface area contributed by atoms with Crippen molar-refractivity contribution in [1.82, 2.24) is 4.98 Å². The minimum atomic E-state index is -0.167. The number of aromatic nitrogens is 1. The minimum Gasteiger partial charge on any atom is -0.469 e. The second-order valence-electron chi connectivity index (χ2n) is 3.95. The zero-order chi connectivity index (χ0) is 12.0. The number of rotatable bonds is 5. The number of hydrogen-bond donors (Lipinski definition) is 1. The van der Waals surface area contributed by atoms with Crippen molar-refractivity contribution in [3.63, 3.8) is 0 Å². The van der Waals surface area contributed by atoms with E-state index in [2.05, 4.69) is 15.0 Å². The molecule has 16 heavy (non-hydrogen) atoms. The molecule has 0 saturated heterocycles. The third kappa shape index (κ3) is 3.88. The molecule has 0 aliphatic carbocycles. The summed E-state index contributed by atoms with van der Waals surface area (Å²) < 4.78 is 4.68. The van der Waals surface area contributed by atoms with Crippen LogP contribution in [-0.4, -0.2) is 24.1 Å². The Labute approximate surface area is 96.0 Å². The highest BCUT2D eigenvalue weighted by Gasteiger charge is 2.16. The molecule has 4 heteroatoms. The molecule has 0 aromatic carbocycles. The van der Waals surface area contributed by atoms with E-state index in [1.807, 2.05) is 26.0 Å². The van der Waals surface area contributed by atoms with Crippen LogP contribution < -0.4 is 5.32 Å². The van der Waals surface area contributed by atoms with Crippen molar-refractivity contribution in [2.45, 2.75) is 26.3 Å². The van der Waals surface area contributed by atoms with E-state index in [0.29, 0.717) is 0 Å². The summed E-state index contributed by atoms with van der Waals surface area (Å²) in [5.41, 5.74) is 0.965. The fourth-order valence-corrected chi connectivity index (χ4v) is 1.62. The molecule has 0 aliphatic heterocycles. The SMILES string of the molecule is COC(=O)C(C)CC(C)Nc1cccnc1. The van der Waals surface area contributed by atoms with Gasteiger partial charge in [0, 0.05) is 18.4 Å². The largest absolute Gasteiger partial charge is 0.469 e. The number of methoxy groups -OCH3 is 1. The van der Waals surface area contributed by atoms with Crippen molar-refractivity contribution in [3.05, 3.63) is 24.5 Å². The van der Waals surface area contributed by atoms with Crippen LogP contribution in [0.25, 0.3) is 0 Å². The van der Waals surface area contributed by atoms with E-state index in [1.54, 1.807) is 12.4 Å². The van der Waals surface area contributed by atoms with Crippen LogP contribution in [0.5, 0.6) is 0 Å². The summed E-state index contributed by atoms with van der Waals surface area (Å²) >= 11 is 0. The molecule has 0 spiro atoms. The third-order valence-corrected chi connectivity index (χ3v) is 2.39. The molecule has 0 aliphatic rings. The van der Waals surface area contributed by atoms with Gasteiger partial charge in [-0.05, 0) is 25.5 Å². The number of nitrogens with zero attached hydrogens (tertiary/aromatic N) is 1. The summed E-state index contributed by atoms with van der Waals surface area (Å²) in [5.74, 6) is -0.260. The average molecular weight is 222 g/mol. The van der Waals surface area contributed by atoms with Gasteiger partial charge in [0.1, 0.15) is 0 Å². The highest BCUT2D eigenvalue weighted by molar-refractivity contribution is 5.71. The first-order valence-corrected chi connectivity index (χ1v) is 5.38. The molecular weight excluding hydrogens is 204 g/mol. The van der Waals surface area contributed by atoms with Gasteiger partial charge in [-0.15, -0.1) is 0 Å². The molecular formula is C12H18N2O2. The standard InChI is InChI=1S/C12H18N2O2/c1-9(12(15)16-3)7-10(2)14-11-5-4-6-13-8-11/h4-6,8-10,14H,7H2,1-3H3. The number of carbonyl (C=O) groups is 1. The molecule has 0 radical (unpaired) electrons. The molecule has 2 unspecified atom stereocenters. The van der Waals surface area contributed by atoms with Crippen molar-refractivity contribution in [2.75, 3.05) is 12.4 Å². The van der Waals surface area contributed by atoms with E-state index in [1.165, 1.54) is 7.11 Å². The Morgan fingerprint density at radius 1 is 1.56 bits per heavy atom. The van der Waals surface area contributed by atoms with Crippen molar-refractivity contribution in [3.8, 4) is 0 Å². The summed E-state index contributed by atoms with van der Waals surface area (Å²) in [6.45, 7) is 3.90. The summed E-state index contributed by atoms with van der Waals surface area (Å²) in [5, 5.41) is 3.28. The van der Waals surface area contributed by atoms with Crippen LogP contribution in [0.3, 0.4) is 0 Å². The number of hydrogen-bond acceptors (Lipinski definition) is 4. The average Bonchev–Trinajstić information content (AvgIpc) is 2.29. The smallest absolute Gasteiger partial charge is 0.308 e. The zero-order valence-corrected chi connectivity index (χ0v) is 9.93. The molecule has 0 fully saturated rings. The third-order valence-electron chi connectivity index (χ3n) is 2.39. The molecule has 1 N–H and O–H groups in total. The summed E-state index contributed by atoms with van der Waals surface area (Å²) in [7, 11) is 1.41. The van der Waals surface area contributed by atoms with Crippen LogP contribution in [0.2, 0.25) is 0 Å². The molecule has 0 saturated carbocycles. The van der Waals surface area contributed by atoms with Crippen LogP contribution in [0.1, 0.15) is 20.3 Å². The van der Waals surface area contributed by atoms with Gasteiger partial charge in [0.25, 0.3) is 0 Å². The Hall–Kier alpha value is -1.58. The van der Waals surface area contributed by atoms with Gasteiger partial charge in [0.05, 0.1) is 18.7 Å². The van der Waals surface area contributed by atoms with Crippen LogP contribution >= 0.6 is 0 Å². The van der Waals surface area contributed by atoms with E-state index < -0.39 is 0 Å². The van der Waals surface area contributed by atoms with E-state index in [4.69, 9.17) is 0 Å². The summed E-state index contributed by atoms with van der Waals surface area (Å²) in [6, 6.07) is 4.03. The first-order chi connectivity index (χ1) is 7.63. The normalized spacial score (nSPS) is 13.9. The Morgan fingerprint density at radius 2 is 2.31 bits per heavy atom. The van der Waals surface area contributed by atoms with Crippen molar-refractivity contribution < 1.29 is 9.53 Å². The van der Waals surface area contributed by atoms with Crippen LogP contribution in [0.4, 0.5) is 5.69 Å². The molecule has 1 aromatic heterocycles. The maximum absolute atomic E-state index is 11.2. The molecule has 88 valence electrons. The number of carbonyl (C=O) groups excluding carboxylic acids is 1. The van der Waals surface area contributed by atoms with E-state index in [0.717, 1.165) is 12.1 Å². The Kier molecular flexibility index (Phi) is 4.76. The number of pyridine rings is 1. The monoisotopic (exact) mass is 222 g/mol. The predicted molar refractivity (Wildman–Crippen MR) is 63.1 cm³/mol. The highest BCUT2D eigenvalue weighted by atomic mass is 16.5. The second-order valence-corrected chi connectivity index (χ2v) is 3.95.